The predicted molar refractivity (Wildman–Crippen MR) is 94.5 cm³/mol. The first-order valence-corrected chi connectivity index (χ1v) is 8.51. The standard InChI is InChI=1S/C18H29N3O3/c1-15-5-4-6-16(13-15)24-10-7-19-17(22)20-14-18(2,3)21-8-11-23-12-9-21/h4-6,13H,7-12,14H2,1-3H3,(H2,19,20,22). The van der Waals surface area contributed by atoms with Gasteiger partial charge >= 0.3 is 6.03 Å². The lowest BCUT2D eigenvalue weighted by molar-refractivity contribution is -0.00874. The number of hydrogen-bond acceptors (Lipinski definition) is 4. The summed E-state index contributed by atoms with van der Waals surface area (Å²) in [6.07, 6.45) is 0. The van der Waals surface area contributed by atoms with Crippen LogP contribution in [0.2, 0.25) is 0 Å². The summed E-state index contributed by atoms with van der Waals surface area (Å²) in [5.74, 6) is 0.825. The smallest absolute Gasteiger partial charge is 0.314 e. The number of urea groups is 1. The number of benzene rings is 1. The van der Waals surface area contributed by atoms with E-state index >= 15 is 0 Å². The molecule has 2 N–H and O–H groups in total. The van der Waals surface area contributed by atoms with Gasteiger partial charge in [0.05, 0.1) is 19.8 Å². The summed E-state index contributed by atoms with van der Waals surface area (Å²) >= 11 is 0. The Bertz CT molecular complexity index is 528. The van der Waals surface area contributed by atoms with E-state index in [1.165, 1.54) is 0 Å². The molecule has 1 aliphatic heterocycles. The van der Waals surface area contributed by atoms with Crippen LogP contribution in [0, 0.1) is 6.92 Å². The lowest BCUT2D eigenvalue weighted by atomic mass is 10.0. The number of hydrogen-bond donors (Lipinski definition) is 2. The van der Waals surface area contributed by atoms with E-state index in [0.717, 1.165) is 37.6 Å². The van der Waals surface area contributed by atoms with E-state index in [9.17, 15) is 4.79 Å². The Kier molecular flexibility index (Phi) is 6.87. The van der Waals surface area contributed by atoms with Gasteiger partial charge in [-0.3, -0.25) is 4.90 Å². The summed E-state index contributed by atoms with van der Waals surface area (Å²) < 4.78 is 11.0. The Morgan fingerprint density at radius 3 is 2.75 bits per heavy atom. The Labute approximate surface area is 144 Å². The highest BCUT2D eigenvalue weighted by molar-refractivity contribution is 5.73. The zero-order valence-electron chi connectivity index (χ0n) is 14.9. The summed E-state index contributed by atoms with van der Waals surface area (Å²) in [5, 5.41) is 5.76. The van der Waals surface area contributed by atoms with Gasteiger partial charge in [0.1, 0.15) is 12.4 Å². The van der Waals surface area contributed by atoms with E-state index in [-0.39, 0.29) is 11.6 Å². The first-order valence-electron chi connectivity index (χ1n) is 8.51. The number of morpholine rings is 1. The second-order valence-corrected chi connectivity index (χ2v) is 6.69. The Hall–Kier alpha value is -1.79. The highest BCUT2D eigenvalue weighted by Crippen LogP contribution is 2.15. The molecule has 6 nitrogen and oxygen atoms in total. The van der Waals surface area contributed by atoms with Crippen LogP contribution in [-0.4, -0.2) is 62.5 Å². The van der Waals surface area contributed by atoms with E-state index in [4.69, 9.17) is 9.47 Å². The molecule has 0 radical (unpaired) electrons. The van der Waals surface area contributed by atoms with Crippen LogP contribution in [-0.2, 0) is 4.74 Å². The van der Waals surface area contributed by atoms with Crippen molar-refractivity contribution in [3.63, 3.8) is 0 Å². The number of amides is 2. The maximum Gasteiger partial charge on any atom is 0.314 e. The zero-order chi connectivity index (χ0) is 17.4. The lowest BCUT2D eigenvalue weighted by Gasteiger charge is -2.40. The molecule has 2 amide bonds. The molecule has 0 aromatic heterocycles. The number of aryl methyl sites for hydroxylation is 1. The highest BCUT2D eigenvalue weighted by atomic mass is 16.5. The van der Waals surface area contributed by atoms with Gasteiger partial charge in [-0.25, -0.2) is 4.79 Å². The molecule has 0 aliphatic carbocycles. The van der Waals surface area contributed by atoms with Gasteiger partial charge in [0.25, 0.3) is 0 Å². The molecule has 1 fully saturated rings. The normalized spacial score (nSPS) is 15.8. The van der Waals surface area contributed by atoms with Crippen molar-refractivity contribution < 1.29 is 14.3 Å². The Balaban J connectivity index is 1.62. The van der Waals surface area contributed by atoms with Gasteiger partial charge in [-0.1, -0.05) is 12.1 Å². The van der Waals surface area contributed by atoms with Crippen LogP contribution in [0.5, 0.6) is 5.75 Å². The van der Waals surface area contributed by atoms with Crippen molar-refractivity contribution in [2.45, 2.75) is 26.3 Å². The summed E-state index contributed by atoms with van der Waals surface area (Å²) in [5.41, 5.74) is 1.07. The third-order valence-electron chi connectivity index (χ3n) is 4.19. The van der Waals surface area contributed by atoms with Gasteiger partial charge in [-0.05, 0) is 38.5 Å². The fourth-order valence-corrected chi connectivity index (χ4v) is 2.68. The molecule has 1 saturated heterocycles. The van der Waals surface area contributed by atoms with E-state index in [2.05, 4.69) is 29.4 Å². The second kappa shape index (κ2) is 8.89. The van der Waals surface area contributed by atoms with Crippen LogP contribution in [0.4, 0.5) is 4.79 Å². The molecule has 0 spiro atoms. The zero-order valence-corrected chi connectivity index (χ0v) is 14.9. The lowest BCUT2D eigenvalue weighted by Crippen LogP contribution is -2.56. The van der Waals surface area contributed by atoms with Gasteiger partial charge < -0.3 is 20.1 Å². The van der Waals surface area contributed by atoms with E-state index in [1.54, 1.807) is 0 Å². The molecule has 0 unspecified atom stereocenters. The highest BCUT2D eigenvalue weighted by Gasteiger charge is 2.28. The molecule has 1 aromatic rings. The molecule has 6 heteroatoms. The largest absolute Gasteiger partial charge is 0.492 e. The summed E-state index contributed by atoms with van der Waals surface area (Å²) in [7, 11) is 0. The van der Waals surface area contributed by atoms with Crippen molar-refractivity contribution in [2.75, 3.05) is 46.0 Å². The van der Waals surface area contributed by atoms with Crippen molar-refractivity contribution in [1.29, 1.82) is 0 Å². The molecular formula is C18H29N3O3. The van der Waals surface area contributed by atoms with Crippen molar-refractivity contribution >= 4 is 6.03 Å². The Morgan fingerprint density at radius 1 is 1.29 bits per heavy atom. The molecule has 2 rings (SSSR count). The van der Waals surface area contributed by atoms with Crippen molar-refractivity contribution in [3.05, 3.63) is 29.8 Å². The summed E-state index contributed by atoms with van der Waals surface area (Å²) in [4.78, 5) is 14.3. The van der Waals surface area contributed by atoms with Crippen LogP contribution >= 0.6 is 0 Å². The minimum atomic E-state index is -0.163. The van der Waals surface area contributed by atoms with Crippen molar-refractivity contribution in [3.8, 4) is 5.75 Å². The van der Waals surface area contributed by atoms with Crippen LogP contribution < -0.4 is 15.4 Å². The molecule has 0 bridgehead atoms. The molecule has 24 heavy (non-hydrogen) atoms. The average Bonchev–Trinajstić information content (AvgIpc) is 2.58. The molecule has 1 heterocycles. The van der Waals surface area contributed by atoms with E-state index in [0.29, 0.717) is 19.7 Å². The molecule has 0 atom stereocenters. The predicted octanol–water partition coefficient (Wildman–Crippen LogP) is 1.78. The van der Waals surface area contributed by atoms with Crippen LogP contribution in [0.15, 0.2) is 24.3 Å². The summed E-state index contributed by atoms with van der Waals surface area (Å²) in [6.45, 7) is 11.1. The van der Waals surface area contributed by atoms with Crippen molar-refractivity contribution in [2.24, 2.45) is 0 Å². The molecule has 134 valence electrons. The Morgan fingerprint density at radius 2 is 2.04 bits per heavy atom. The quantitative estimate of drug-likeness (QED) is 0.746. The van der Waals surface area contributed by atoms with Crippen LogP contribution in [0.3, 0.4) is 0 Å². The van der Waals surface area contributed by atoms with E-state index in [1.807, 2.05) is 31.2 Å². The van der Waals surface area contributed by atoms with Gasteiger partial charge in [-0.15, -0.1) is 0 Å². The van der Waals surface area contributed by atoms with Gasteiger partial charge in [0.2, 0.25) is 0 Å². The van der Waals surface area contributed by atoms with E-state index < -0.39 is 0 Å². The average molecular weight is 335 g/mol. The fraction of sp³-hybridized carbons (Fsp3) is 0.611. The number of carbonyl (C=O) groups excluding carboxylic acids is 1. The SMILES string of the molecule is Cc1cccc(OCCNC(=O)NCC(C)(C)N2CCOCC2)c1. The monoisotopic (exact) mass is 335 g/mol. The molecule has 1 aliphatic rings. The second-order valence-electron chi connectivity index (χ2n) is 6.69. The minimum Gasteiger partial charge on any atom is -0.492 e. The van der Waals surface area contributed by atoms with Gasteiger partial charge in [0.15, 0.2) is 0 Å². The maximum absolute atomic E-state index is 11.9. The topological polar surface area (TPSA) is 62.8 Å². The first kappa shape index (κ1) is 18.5. The number of carbonyl (C=O) groups is 1. The fourth-order valence-electron chi connectivity index (χ4n) is 2.68. The molecule has 1 aromatic carbocycles. The minimum absolute atomic E-state index is 0.0841. The first-order chi connectivity index (χ1) is 11.5. The van der Waals surface area contributed by atoms with Crippen molar-refractivity contribution in [1.82, 2.24) is 15.5 Å². The number of nitrogens with one attached hydrogen (secondary N) is 2. The van der Waals surface area contributed by atoms with Gasteiger partial charge in [-0.2, -0.15) is 0 Å². The number of ether oxygens (including phenoxy) is 2. The number of rotatable bonds is 7. The van der Waals surface area contributed by atoms with Crippen LogP contribution in [0.1, 0.15) is 19.4 Å². The third-order valence-corrected chi connectivity index (χ3v) is 4.19. The van der Waals surface area contributed by atoms with Crippen LogP contribution in [0.25, 0.3) is 0 Å². The third kappa shape index (κ3) is 6.02. The molecular weight excluding hydrogens is 306 g/mol. The molecule has 0 saturated carbocycles. The number of nitrogens with zero attached hydrogens (tertiary/aromatic N) is 1. The maximum atomic E-state index is 11.9. The summed E-state index contributed by atoms with van der Waals surface area (Å²) in [6, 6.07) is 7.71. The van der Waals surface area contributed by atoms with Gasteiger partial charge in [0, 0.05) is 25.2 Å².